The maximum atomic E-state index is 12.1. The van der Waals surface area contributed by atoms with E-state index in [4.69, 9.17) is 9.47 Å². The van der Waals surface area contributed by atoms with Crippen LogP contribution in [0.3, 0.4) is 0 Å². The molecule has 0 fully saturated rings. The predicted octanol–water partition coefficient (Wildman–Crippen LogP) is 2.47. The third-order valence-corrected chi connectivity index (χ3v) is 3.55. The minimum Gasteiger partial charge on any atom is -0.493 e. The molecule has 0 radical (unpaired) electrons. The van der Waals surface area contributed by atoms with Gasteiger partial charge in [0.2, 0.25) is 5.91 Å². The van der Waals surface area contributed by atoms with Crippen LogP contribution in [0.2, 0.25) is 0 Å². The topological polar surface area (TPSA) is 50.8 Å². The van der Waals surface area contributed by atoms with E-state index in [1.54, 1.807) is 14.2 Å². The van der Waals surface area contributed by atoms with Crippen molar-refractivity contribution in [3.8, 4) is 11.5 Å². The maximum absolute atomic E-state index is 12.1. The van der Waals surface area contributed by atoms with Gasteiger partial charge in [-0.1, -0.05) is 26.8 Å². The van der Waals surface area contributed by atoms with E-state index in [1.165, 1.54) is 0 Å². The molecule has 0 spiro atoms. The molecule has 1 atom stereocenters. The molecule has 0 aliphatic heterocycles. The number of carbonyl (C=O) groups excluding carboxylic acids is 1. The maximum Gasteiger partial charge on any atom is 0.225 e. The summed E-state index contributed by atoms with van der Waals surface area (Å²) >= 11 is 0. The lowest BCUT2D eigenvalue weighted by molar-refractivity contribution is -0.128. The average Bonchev–Trinajstić information content (AvgIpc) is 2.45. The lowest BCUT2D eigenvalue weighted by Gasteiger charge is -2.27. The highest BCUT2D eigenvalue weighted by Gasteiger charge is 2.23. The zero-order valence-corrected chi connectivity index (χ0v) is 14.7. The summed E-state index contributed by atoms with van der Waals surface area (Å²) in [5.41, 5.74) is 0.672. The zero-order chi connectivity index (χ0) is 16.9. The molecule has 0 bridgehead atoms. The summed E-state index contributed by atoms with van der Waals surface area (Å²) in [6.45, 7) is 6.26. The second kappa shape index (κ2) is 7.49. The second-order valence-corrected chi connectivity index (χ2v) is 6.55. The van der Waals surface area contributed by atoms with Crippen molar-refractivity contribution in [3.63, 3.8) is 0 Å². The van der Waals surface area contributed by atoms with Crippen molar-refractivity contribution in [3.05, 3.63) is 23.8 Å². The van der Waals surface area contributed by atoms with Crippen LogP contribution in [0, 0.1) is 5.41 Å². The molecular weight excluding hydrogens is 280 g/mol. The number of hydrogen-bond donors (Lipinski definition) is 1. The molecule has 124 valence electrons. The van der Waals surface area contributed by atoms with Gasteiger partial charge in [0, 0.05) is 12.0 Å². The Morgan fingerprint density at radius 1 is 1.18 bits per heavy atom. The van der Waals surface area contributed by atoms with Crippen molar-refractivity contribution in [1.82, 2.24) is 10.2 Å². The fourth-order valence-corrected chi connectivity index (χ4v) is 2.11. The number of nitrogens with zero attached hydrogens (tertiary/aromatic N) is 1. The number of likely N-dealkylation sites (N-methyl/N-ethyl adjacent to an activating group) is 1. The molecule has 0 aromatic heterocycles. The molecule has 0 aliphatic carbocycles. The first kappa shape index (κ1) is 18.3. The molecule has 0 saturated carbocycles. The second-order valence-electron chi connectivity index (χ2n) is 6.55. The Morgan fingerprint density at radius 2 is 1.77 bits per heavy atom. The van der Waals surface area contributed by atoms with Crippen LogP contribution in [0.15, 0.2) is 18.2 Å². The highest BCUT2D eigenvalue weighted by atomic mass is 16.5. The van der Waals surface area contributed by atoms with Crippen molar-refractivity contribution < 1.29 is 14.3 Å². The summed E-state index contributed by atoms with van der Waals surface area (Å²) < 4.78 is 10.6. The van der Waals surface area contributed by atoms with Gasteiger partial charge in [0.05, 0.1) is 20.3 Å². The Kier molecular flexibility index (Phi) is 6.23. The number of nitrogens with one attached hydrogen (secondary N) is 1. The Hall–Kier alpha value is -1.75. The predicted molar refractivity (Wildman–Crippen MR) is 88.4 cm³/mol. The van der Waals surface area contributed by atoms with Crippen LogP contribution in [0.5, 0.6) is 11.5 Å². The van der Waals surface area contributed by atoms with E-state index in [0.717, 1.165) is 5.56 Å². The number of rotatable bonds is 6. The molecule has 0 saturated heterocycles. The summed E-state index contributed by atoms with van der Waals surface area (Å²) in [4.78, 5) is 14.1. The number of ether oxygens (including phenoxy) is 2. The normalized spacial score (nSPS) is 12.9. The van der Waals surface area contributed by atoms with Crippen LogP contribution in [0.1, 0.15) is 32.4 Å². The summed E-state index contributed by atoms with van der Waals surface area (Å²) in [5.74, 6) is 1.43. The molecule has 1 aromatic carbocycles. The Morgan fingerprint density at radius 3 is 2.23 bits per heavy atom. The number of amides is 1. The molecule has 1 amide bonds. The molecular formula is C17H28N2O3. The molecule has 22 heavy (non-hydrogen) atoms. The van der Waals surface area contributed by atoms with Crippen LogP contribution in [0.25, 0.3) is 0 Å². The molecule has 1 N–H and O–H groups in total. The van der Waals surface area contributed by atoms with Crippen molar-refractivity contribution >= 4 is 5.91 Å². The smallest absolute Gasteiger partial charge is 0.225 e. The van der Waals surface area contributed by atoms with Gasteiger partial charge in [-0.3, -0.25) is 4.79 Å². The van der Waals surface area contributed by atoms with Gasteiger partial charge < -0.3 is 19.7 Å². The van der Waals surface area contributed by atoms with E-state index in [-0.39, 0.29) is 11.9 Å². The third kappa shape index (κ3) is 4.63. The van der Waals surface area contributed by atoms with E-state index in [1.807, 2.05) is 53.1 Å². The van der Waals surface area contributed by atoms with Gasteiger partial charge in [0.15, 0.2) is 11.5 Å². The third-order valence-electron chi connectivity index (χ3n) is 3.55. The van der Waals surface area contributed by atoms with E-state index >= 15 is 0 Å². The van der Waals surface area contributed by atoms with Crippen LogP contribution in [-0.4, -0.2) is 45.7 Å². The molecule has 5 nitrogen and oxygen atoms in total. The number of carbonyl (C=O) groups is 1. The lowest BCUT2D eigenvalue weighted by atomic mass is 9.95. The SMILES string of the molecule is COc1ccc(C(CNC(=O)C(C)(C)C)N(C)C)cc1OC. The quantitative estimate of drug-likeness (QED) is 0.877. The van der Waals surface area contributed by atoms with Gasteiger partial charge >= 0.3 is 0 Å². The zero-order valence-electron chi connectivity index (χ0n) is 14.7. The van der Waals surface area contributed by atoms with Crippen molar-refractivity contribution in [1.29, 1.82) is 0 Å². The summed E-state index contributed by atoms with van der Waals surface area (Å²) in [5, 5.41) is 3.02. The van der Waals surface area contributed by atoms with E-state index < -0.39 is 5.41 Å². The highest BCUT2D eigenvalue weighted by molar-refractivity contribution is 5.81. The van der Waals surface area contributed by atoms with Crippen molar-refractivity contribution in [2.75, 3.05) is 34.9 Å². The van der Waals surface area contributed by atoms with Crippen LogP contribution in [0.4, 0.5) is 0 Å². The monoisotopic (exact) mass is 308 g/mol. The fraction of sp³-hybridized carbons (Fsp3) is 0.588. The Labute approximate surface area is 133 Å². The fourth-order valence-electron chi connectivity index (χ4n) is 2.11. The van der Waals surface area contributed by atoms with Gasteiger partial charge in [-0.05, 0) is 31.8 Å². The van der Waals surface area contributed by atoms with Gasteiger partial charge in [-0.15, -0.1) is 0 Å². The molecule has 1 aromatic rings. The molecule has 0 aliphatic rings. The van der Waals surface area contributed by atoms with Gasteiger partial charge in [-0.2, -0.15) is 0 Å². The highest BCUT2D eigenvalue weighted by Crippen LogP contribution is 2.31. The number of benzene rings is 1. The minimum atomic E-state index is -0.394. The van der Waals surface area contributed by atoms with Gasteiger partial charge in [0.1, 0.15) is 0 Å². The molecule has 5 heteroatoms. The van der Waals surface area contributed by atoms with E-state index in [9.17, 15) is 4.79 Å². The van der Waals surface area contributed by atoms with Gasteiger partial charge in [-0.25, -0.2) is 0 Å². The lowest BCUT2D eigenvalue weighted by Crippen LogP contribution is -2.40. The van der Waals surface area contributed by atoms with Crippen LogP contribution in [-0.2, 0) is 4.79 Å². The first-order valence-corrected chi connectivity index (χ1v) is 7.37. The molecule has 1 unspecified atom stereocenters. The van der Waals surface area contributed by atoms with Crippen LogP contribution < -0.4 is 14.8 Å². The Balaban J connectivity index is 2.94. The largest absolute Gasteiger partial charge is 0.493 e. The molecule has 1 rings (SSSR count). The summed E-state index contributed by atoms with van der Waals surface area (Å²) in [6.07, 6.45) is 0. The Bertz CT molecular complexity index is 507. The summed E-state index contributed by atoms with van der Waals surface area (Å²) in [7, 11) is 7.22. The minimum absolute atomic E-state index is 0.0415. The average molecular weight is 308 g/mol. The number of hydrogen-bond acceptors (Lipinski definition) is 4. The standard InChI is InChI=1S/C17H28N2O3/c1-17(2,3)16(20)18-11-13(19(4)5)12-8-9-14(21-6)15(10-12)22-7/h8-10,13H,11H2,1-7H3,(H,18,20). The van der Waals surface area contributed by atoms with Gasteiger partial charge in [0.25, 0.3) is 0 Å². The molecule has 0 heterocycles. The number of methoxy groups -OCH3 is 2. The van der Waals surface area contributed by atoms with E-state index in [0.29, 0.717) is 18.0 Å². The van der Waals surface area contributed by atoms with Crippen molar-refractivity contribution in [2.45, 2.75) is 26.8 Å². The van der Waals surface area contributed by atoms with E-state index in [2.05, 4.69) is 10.2 Å². The first-order chi connectivity index (χ1) is 10.2. The van der Waals surface area contributed by atoms with Crippen LogP contribution >= 0.6 is 0 Å². The van der Waals surface area contributed by atoms with Crippen molar-refractivity contribution in [2.24, 2.45) is 5.41 Å². The summed E-state index contributed by atoms with van der Waals surface area (Å²) in [6, 6.07) is 5.89. The first-order valence-electron chi connectivity index (χ1n) is 7.37.